The SMILES string of the molecule is Cc1cc(C)c2[nH]ccc2c1CC1CCC(OCC(F)F)CC1.O=C(O)c1ccccc1. The topological polar surface area (TPSA) is 62.3 Å². The first kappa shape index (κ1) is 23.9. The Hall–Kier alpha value is -2.73. The number of halogens is 2. The van der Waals surface area contributed by atoms with Crippen molar-refractivity contribution in [1.29, 1.82) is 0 Å². The lowest BCUT2D eigenvalue weighted by Gasteiger charge is -2.29. The van der Waals surface area contributed by atoms with Gasteiger partial charge in [0.15, 0.2) is 0 Å². The van der Waals surface area contributed by atoms with Crippen molar-refractivity contribution >= 4 is 16.9 Å². The van der Waals surface area contributed by atoms with Crippen molar-refractivity contribution in [1.82, 2.24) is 4.98 Å². The highest BCUT2D eigenvalue weighted by Crippen LogP contribution is 2.33. The van der Waals surface area contributed by atoms with Crippen molar-refractivity contribution in [2.75, 3.05) is 6.61 Å². The molecule has 1 heterocycles. The average Bonchev–Trinajstić information content (AvgIpc) is 3.27. The predicted octanol–water partition coefficient (Wildman–Crippen LogP) is 6.55. The van der Waals surface area contributed by atoms with Crippen molar-refractivity contribution in [2.24, 2.45) is 5.92 Å². The molecule has 1 saturated carbocycles. The molecule has 2 aromatic carbocycles. The average molecular weight is 444 g/mol. The number of nitrogens with one attached hydrogen (secondary N) is 1. The highest BCUT2D eigenvalue weighted by atomic mass is 19.3. The number of carbonyl (C=O) groups is 1. The third kappa shape index (κ3) is 6.39. The van der Waals surface area contributed by atoms with Crippen molar-refractivity contribution in [3.63, 3.8) is 0 Å². The number of carboxylic acid groups (broad SMARTS) is 1. The van der Waals surface area contributed by atoms with E-state index in [1.807, 2.05) is 6.20 Å². The number of hydrogen-bond acceptors (Lipinski definition) is 2. The summed E-state index contributed by atoms with van der Waals surface area (Å²) >= 11 is 0. The summed E-state index contributed by atoms with van der Waals surface area (Å²) in [5, 5.41) is 9.72. The standard InChI is InChI=1S/C19H25F2NO.C7H6O2/c1-12-9-13(2)19-16(7-8-22-19)17(12)10-14-3-5-15(6-4-14)23-11-18(20)21;8-7(9)6-4-2-1-3-5-6/h7-9,14-15,18,22H,3-6,10-11H2,1-2H3;1-5H,(H,8,9). The Bertz CT molecular complexity index is 1010. The molecule has 1 aliphatic carbocycles. The minimum absolute atomic E-state index is 0.0200. The van der Waals surface area contributed by atoms with Crippen molar-refractivity contribution in [3.05, 3.63) is 70.9 Å². The summed E-state index contributed by atoms with van der Waals surface area (Å²) in [5.74, 6) is -0.253. The Morgan fingerprint density at radius 2 is 1.78 bits per heavy atom. The van der Waals surface area contributed by atoms with Crippen LogP contribution in [0.25, 0.3) is 10.9 Å². The molecule has 0 amide bonds. The van der Waals surface area contributed by atoms with Crippen LogP contribution in [0.5, 0.6) is 0 Å². The smallest absolute Gasteiger partial charge is 0.335 e. The van der Waals surface area contributed by atoms with E-state index < -0.39 is 19.0 Å². The number of H-pyrrole nitrogens is 1. The number of alkyl halides is 2. The zero-order chi connectivity index (χ0) is 23.1. The number of aryl methyl sites for hydroxylation is 2. The maximum Gasteiger partial charge on any atom is 0.335 e. The molecule has 1 aromatic heterocycles. The van der Waals surface area contributed by atoms with Gasteiger partial charge in [-0.05, 0) is 86.8 Å². The second-order valence-electron chi connectivity index (χ2n) is 8.50. The van der Waals surface area contributed by atoms with Crippen molar-refractivity contribution < 1.29 is 23.4 Å². The second kappa shape index (κ2) is 11.2. The summed E-state index contributed by atoms with van der Waals surface area (Å²) in [6.07, 6.45) is 4.67. The van der Waals surface area contributed by atoms with Crippen LogP contribution in [0.1, 0.15) is 52.7 Å². The molecule has 4 nitrogen and oxygen atoms in total. The number of aromatic carboxylic acids is 1. The molecule has 0 spiro atoms. The zero-order valence-electron chi connectivity index (χ0n) is 18.6. The van der Waals surface area contributed by atoms with Crippen LogP contribution in [0.3, 0.4) is 0 Å². The van der Waals surface area contributed by atoms with Crippen LogP contribution in [-0.4, -0.2) is 35.2 Å². The highest BCUT2D eigenvalue weighted by molar-refractivity contribution is 5.87. The number of hydrogen-bond donors (Lipinski definition) is 2. The van der Waals surface area contributed by atoms with E-state index in [0.717, 1.165) is 32.1 Å². The number of aromatic amines is 1. The van der Waals surface area contributed by atoms with E-state index in [2.05, 4.69) is 31.0 Å². The fourth-order valence-electron chi connectivity index (χ4n) is 4.50. The van der Waals surface area contributed by atoms with Crippen LogP contribution in [-0.2, 0) is 11.2 Å². The molecular weight excluding hydrogens is 412 g/mol. The van der Waals surface area contributed by atoms with Gasteiger partial charge in [0.1, 0.15) is 6.61 Å². The van der Waals surface area contributed by atoms with E-state index in [-0.39, 0.29) is 6.10 Å². The summed E-state index contributed by atoms with van der Waals surface area (Å²) in [7, 11) is 0. The summed E-state index contributed by atoms with van der Waals surface area (Å²) in [4.78, 5) is 13.5. The van der Waals surface area contributed by atoms with Crippen molar-refractivity contribution in [2.45, 2.75) is 58.5 Å². The molecule has 1 aliphatic rings. The number of fused-ring (bicyclic) bond motifs is 1. The highest BCUT2D eigenvalue weighted by Gasteiger charge is 2.24. The molecule has 4 rings (SSSR count). The molecule has 0 bridgehead atoms. The first-order valence-electron chi connectivity index (χ1n) is 11.1. The van der Waals surface area contributed by atoms with Crippen LogP contribution in [0.4, 0.5) is 8.78 Å². The van der Waals surface area contributed by atoms with Gasteiger partial charge in [0.2, 0.25) is 0 Å². The largest absolute Gasteiger partial charge is 0.478 e. The quantitative estimate of drug-likeness (QED) is 0.454. The third-order valence-corrected chi connectivity index (χ3v) is 6.14. The molecule has 0 radical (unpaired) electrons. The van der Waals surface area contributed by atoms with E-state index >= 15 is 0 Å². The predicted molar refractivity (Wildman–Crippen MR) is 123 cm³/mol. The molecule has 2 N–H and O–H groups in total. The molecular formula is C26H31F2NO3. The maximum absolute atomic E-state index is 12.2. The van der Waals surface area contributed by atoms with Gasteiger partial charge in [-0.15, -0.1) is 0 Å². The fourth-order valence-corrected chi connectivity index (χ4v) is 4.50. The van der Waals surface area contributed by atoms with Gasteiger partial charge in [0.05, 0.1) is 11.7 Å². The Labute approximate surface area is 187 Å². The van der Waals surface area contributed by atoms with E-state index in [0.29, 0.717) is 11.5 Å². The Morgan fingerprint density at radius 3 is 2.38 bits per heavy atom. The molecule has 3 aromatic rings. The minimum Gasteiger partial charge on any atom is -0.478 e. The number of aromatic nitrogens is 1. The number of carboxylic acids is 1. The molecule has 0 aliphatic heterocycles. The summed E-state index contributed by atoms with van der Waals surface area (Å²) in [5.41, 5.74) is 5.64. The van der Waals surface area contributed by atoms with Crippen LogP contribution in [0.2, 0.25) is 0 Å². The lowest BCUT2D eigenvalue weighted by molar-refractivity contribution is -0.0415. The zero-order valence-corrected chi connectivity index (χ0v) is 18.6. The van der Waals surface area contributed by atoms with E-state index in [9.17, 15) is 13.6 Å². The summed E-state index contributed by atoms with van der Waals surface area (Å²) in [6, 6.07) is 12.7. The lowest BCUT2D eigenvalue weighted by Crippen LogP contribution is -2.24. The van der Waals surface area contributed by atoms with Gasteiger partial charge < -0.3 is 14.8 Å². The van der Waals surface area contributed by atoms with Gasteiger partial charge in [0.25, 0.3) is 6.43 Å². The van der Waals surface area contributed by atoms with E-state index in [1.165, 1.54) is 27.6 Å². The maximum atomic E-state index is 12.2. The molecule has 172 valence electrons. The van der Waals surface area contributed by atoms with Gasteiger partial charge in [-0.3, -0.25) is 0 Å². The van der Waals surface area contributed by atoms with Gasteiger partial charge in [-0.1, -0.05) is 24.3 Å². The number of rotatable bonds is 6. The first-order chi connectivity index (χ1) is 15.3. The van der Waals surface area contributed by atoms with Crippen LogP contribution < -0.4 is 0 Å². The second-order valence-corrected chi connectivity index (χ2v) is 8.50. The molecule has 32 heavy (non-hydrogen) atoms. The number of benzene rings is 2. The molecule has 6 heteroatoms. The fraction of sp³-hybridized carbons (Fsp3) is 0.423. The van der Waals surface area contributed by atoms with Crippen molar-refractivity contribution in [3.8, 4) is 0 Å². The molecule has 0 saturated heterocycles. The Kier molecular flexibility index (Phi) is 8.39. The van der Waals surface area contributed by atoms with E-state index in [4.69, 9.17) is 9.84 Å². The molecule has 0 unspecified atom stereocenters. The van der Waals surface area contributed by atoms with E-state index in [1.54, 1.807) is 30.3 Å². The molecule has 1 fully saturated rings. The first-order valence-corrected chi connectivity index (χ1v) is 11.1. The third-order valence-electron chi connectivity index (χ3n) is 6.14. The van der Waals surface area contributed by atoms with Crippen LogP contribution in [0.15, 0.2) is 48.7 Å². The Balaban J connectivity index is 0.000000269. The number of ether oxygens (including phenoxy) is 1. The van der Waals surface area contributed by atoms with Gasteiger partial charge in [-0.2, -0.15) is 0 Å². The summed E-state index contributed by atoms with van der Waals surface area (Å²) in [6.45, 7) is 3.91. The minimum atomic E-state index is -2.36. The van der Waals surface area contributed by atoms with Crippen LogP contribution in [0, 0.1) is 19.8 Å². The summed E-state index contributed by atoms with van der Waals surface area (Å²) < 4.78 is 29.7. The molecule has 0 atom stereocenters. The normalized spacial score (nSPS) is 18.4. The van der Waals surface area contributed by atoms with Crippen LogP contribution >= 0.6 is 0 Å². The van der Waals surface area contributed by atoms with Gasteiger partial charge in [0, 0.05) is 17.1 Å². The van der Waals surface area contributed by atoms with Gasteiger partial charge in [-0.25, -0.2) is 13.6 Å². The lowest BCUT2D eigenvalue weighted by atomic mass is 9.81. The Morgan fingerprint density at radius 1 is 1.09 bits per heavy atom. The monoisotopic (exact) mass is 443 g/mol. The van der Waals surface area contributed by atoms with Gasteiger partial charge >= 0.3 is 5.97 Å².